The van der Waals surface area contributed by atoms with E-state index >= 15 is 0 Å². The third-order valence-corrected chi connectivity index (χ3v) is 6.43. The molecule has 0 aromatic heterocycles. The summed E-state index contributed by atoms with van der Waals surface area (Å²) in [6.07, 6.45) is 4.43. The van der Waals surface area contributed by atoms with Gasteiger partial charge in [0, 0.05) is 5.33 Å². The molecule has 0 saturated heterocycles. The average molecular weight is 450 g/mol. The number of halogens is 2. The smallest absolute Gasteiger partial charge is 0.209 e. The van der Waals surface area contributed by atoms with Gasteiger partial charge in [-0.05, 0) is 49.4 Å². The number of hydrogen-bond acceptors (Lipinski definition) is 2. The zero-order chi connectivity index (χ0) is 17.1. The van der Waals surface area contributed by atoms with Crippen molar-refractivity contribution in [2.24, 2.45) is 23.7 Å². The highest BCUT2D eigenvalue weighted by Gasteiger charge is 2.09. The fourth-order valence-electron chi connectivity index (χ4n) is 1.64. The summed E-state index contributed by atoms with van der Waals surface area (Å²) in [4.78, 5) is 0. The van der Waals surface area contributed by atoms with Crippen LogP contribution in [-0.2, 0) is 8.27 Å². The van der Waals surface area contributed by atoms with Crippen molar-refractivity contribution >= 4 is 39.0 Å². The molecule has 0 fully saturated rings. The van der Waals surface area contributed by atoms with Crippen molar-refractivity contribution in [3.05, 3.63) is 0 Å². The van der Waals surface area contributed by atoms with Crippen molar-refractivity contribution in [1.29, 1.82) is 0 Å². The van der Waals surface area contributed by atoms with Crippen LogP contribution in [0.3, 0.4) is 0 Å². The maximum absolute atomic E-state index is 10.7. The fraction of sp³-hybridized carbons (Fsp3) is 1.00. The summed E-state index contributed by atoms with van der Waals surface area (Å²) in [6, 6.07) is 0. The molecule has 0 radical (unpaired) electrons. The largest absolute Gasteiger partial charge is 0.217 e. The van der Waals surface area contributed by atoms with Gasteiger partial charge in [0.25, 0.3) is 0 Å². The quantitative estimate of drug-likeness (QED) is 0.308. The highest BCUT2D eigenvalue weighted by atomic mass is 79.9. The molecule has 0 heterocycles. The van der Waals surface area contributed by atoms with Crippen molar-refractivity contribution in [3.63, 3.8) is 0 Å². The van der Waals surface area contributed by atoms with Crippen LogP contribution in [0.1, 0.15) is 67.2 Å². The van der Waals surface area contributed by atoms with E-state index in [4.69, 9.17) is 0 Å². The van der Waals surface area contributed by atoms with E-state index in [0.717, 1.165) is 30.0 Å². The molecule has 0 spiro atoms. The first kappa shape index (κ1) is 24.2. The van der Waals surface area contributed by atoms with Crippen LogP contribution in [0.5, 0.6) is 0 Å². The Morgan fingerprint density at radius 2 is 1.19 bits per heavy atom. The lowest BCUT2D eigenvalue weighted by atomic mass is 9.94. The molecule has 0 aromatic rings. The highest BCUT2D eigenvalue weighted by Crippen LogP contribution is 2.17. The molecule has 0 aliphatic carbocycles. The Balaban J connectivity index is 0. The Kier molecular flexibility index (Phi) is 15.4. The van der Waals surface area contributed by atoms with E-state index < -0.39 is 8.27 Å². The molecular weight excluding hydrogens is 416 g/mol. The molecule has 0 amide bonds. The Morgan fingerprint density at radius 3 is 1.48 bits per heavy atom. The van der Waals surface area contributed by atoms with Gasteiger partial charge in [0.1, 0.15) is 0 Å². The molecule has 130 valence electrons. The maximum Gasteiger partial charge on any atom is 0.209 e. The number of hydrogen-bond donors (Lipinski definition) is 0. The average Bonchev–Trinajstić information content (AvgIpc) is 2.34. The summed E-state index contributed by atoms with van der Waals surface area (Å²) in [5.41, 5.74) is 0. The third-order valence-electron chi connectivity index (χ3n) is 4.12. The minimum atomic E-state index is -2.93. The predicted octanol–water partition coefficient (Wildman–Crippen LogP) is 6.24. The van der Waals surface area contributed by atoms with Gasteiger partial charge in [0.15, 0.2) is 0 Å². The van der Waals surface area contributed by atoms with Gasteiger partial charge in [-0.25, -0.2) is 8.42 Å². The van der Waals surface area contributed by atoms with Gasteiger partial charge in [0.2, 0.25) is 8.27 Å². The summed E-state index contributed by atoms with van der Waals surface area (Å²) in [6.45, 7) is 13.4. The van der Waals surface area contributed by atoms with Gasteiger partial charge < -0.3 is 0 Å². The lowest BCUT2D eigenvalue weighted by molar-refractivity contribution is 0.389. The Hall–Kier alpha value is 0.910. The van der Waals surface area contributed by atoms with Crippen LogP contribution in [0, 0.1) is 23.7 Å². The molecular formula is C16H34Br2O2S. The van der Waals surface area contributed by atoms with Crippen LogP contribution in [-0.4, -0.2) is 19.5 Å². The third kappa shape index (κ3) is 18.9. The first-order valence-corrected chi connectivity index (χ1v) is 12.6. The van der Waals surface area contributed by atoms with Gasteiger partial charge in [-0.15, -0.1) is 0 Å². The lowest BCUT2D eigenvalue weighted by Crippen LogP contribution is -2.06. The molecule has 0 aliphatic rings. The molecule has 2 unspecified atom stereocenters. The summed E-state index contributed by atoms with van der Waals surface area (Å²) < 4.78 is 21.4. The monoisotopic (exact) mass is 448 g/mol. The van der Waals surface area contributed by atoms with Gasteiger partial charge in [0.05, 0.1) is 20.6 Å². The van der Waals surface area contributed by atoms with Crippen LogP contribution >= 0.6 is 30.7 Å². The SMILES string of the molecule is CC(C)C(C)CCCBr.CC(C)C(C)CCCS(=O)(=O)Br. The Morgan fingerprint density at radius 1 is 0.810 bits per heavy atom. The van der Waals surface area contributed by atoms with E-state index in [1.807, 2.05) is 0 Å². The van der Waals surface area contributed by atoms with Crippen molar-refractivity contribution in [2.45, 2.75) is 67.2 Å². The zero-order valence-corrected chi connectivity index (χ0v) is 18.5. The van der Waals surface area contributed by atoms with Gasteiger partial charge >= 0.3 is 0 Å². The molecule has 21 heavy (non-hydrogen) atoms. The van der Waals surface area contributed by atoms with Crippen LogP contribution in [0.4, 0.5) is 0 Å². The van der Waals surface area contributed by atoms with Crippen molar-refractivity contribution in [1.82, 2.24) is 0 Å². The van der Waals surface area contributed by atoms with Crippen LogP contribution in [0.2, 0.25) is 0 Å². The molecule has 0 N–H and O–H groups in total. The first-order valence-electron chi connectivity index (χ1n) is 7.99. The fourth-order valence-corrected chi connectivity index (χ4v) is 3.17. The molecule has 2 nitrogen and oxygen atoms in total. The Bertz CT molecular complexity index is 327. The predicted molar refractivity (Wildman–Crippen MR) is 103 cm³/mol. The van der Waals surface area contributed by atoms with Crippen LogP contribution in [0.15, 0.2) is 0 Å². The molecule has 2 atom stereocenters. The van der Waals surface area contributed by atoms with E-state index in [0.29, 0.717) is 11.8 Å². The van der Waals surface area contributed by atoms with Crippen molar-refractivity contribution in [3.8, 4) is 0 Å². The van der Waals surface area contributed by atoms with Gasteiger partial charge in [-0.1, -0.05) is 57.5 Å². The Labute approximate surface area is 149 Å². The molecule has 5 heteroatoms. The van der Waals surface area contributed by atoms with Gasteiger partial charge in [-0.3, -0.25) is 0 Å². The van der Waals surface area contributed by atoms with Crippen molar-refractivity contribution < 1.29 is 8.42 Å². The summed E-state index contributed by atoms with van der Waals surface area (Å²) in [5.74, 6) is 3.25. The molecule has 0 rings (SSSR count). The highest BCUT2D eigenvalue weighted by molar-refractivity contribution is 9.47. The van der Waals surface area contributed by atoms with Gasteiger partial charge in [-0.2, -0.15) is 0 Å². The molecule has 0 aromatic carbocycles. The molecule has 0 bridgehead atoms. The summed E-state index contributed by atoms with van der Waals surface area (Å²) in [7, 11) is -2.93. The van der Waals surface area contributed by atoms with E-state index in [9.17, 15) is 8.42 Å². The second kappa shape index (κ2) is 13.4. The normalized spacial score (nSPS) is 14.8. The zero-order valence-electron chi connectivity index (χ0n) is 14.5. The molecule has 0 aliphatic heterocycles. The van der Waals surface area contributed by atoms with Crippen LogP contribution < -0.4 is 0 Å². The second-order valence-corrected chi connectivity index (χ2v) is 11.9. The van der Waals surface area contributed by atoms with E-state index in [1.165, 1.54) is 12.8 Å². The first-order chi connectivity index (χ1) is 9.51. The number of rotatable bonds is 9. The minimum Gasteiger partial charge on any atom is -0.217 e. The lowest BCUT2D eigenvalue weighted by Gasteiger charge is -2.13. The van der Waals surface area contributed by atoms with Crippen molar-refractivity contribution in [2.75, 3.05) is 11.1 Å². The topological polar surface area (TPSA) is 34.1 Å². The maximum atomic E-state index is 10.7. The second-order valence-electron chi connectivity index (χ2n) is 6.66. The molecule has 0 saturated carbocycles. The standard InChI is InChI=1S/C8H17BrO2S.C8H17Br/c1-7(2)8(3)5-4-6-12(9,10)11;1-7(2)8(3)5-4-6-9/h7-8H,4-6H2,1-3H3;7-8H,4-6H2,1-3H3. The summed E-state index contributed by atoms with van der Waals surface area (Å²) in [5, 5.41) is 1.16. The number of alkyl halides is 1. The van der Waals surface area contributed by atoms with E-state index in [2.05, 4.69) is 72.3 Å². The summed E-state index contributed by atoms with van der Waals surface area (Å²) >= 11 is 6.06. The minimum absolute atomic E-state index is 0.254. The van der Waals surface area contributed by atoms with Crippen LogP contribution in [0.25, 0.3) is 0 Å². The van der Waals surface area contributed by atoms with E-state index in [1.54, 1.807) is 0 Å². The van der Waals surface area contributed by atoms with E-state index in [-0.39, 0.29) is 5.75 Å².